The van der Waals surface area contributed by atoms with E-state index in [9.17, 15) is 4.79 Å². The zero-order valence-electron chi connectivity index (χ0n) is 10.0. The Balaban J connectivity index is 2.27. The van der Waals surface area contributed by atoms with Crippen molar-refractivity contribution >= 4 is 17.2 Å². The molecule has 7 nitrogen and oxygen atoms in total. The molecule has 0 radical (unpaired) electrons. The number of nitrogen functional groups attached to an aromatic ring is 1. The number of nitrogens with two attached hydrogens (primary N) is 1. The van der Waals surface area contributed by atoms with Crippen molar-refractivity contribution in [1.82, 2.24) is 9.78 Å². The molecule has 0 bridgehead atoms. The van der Waals surface area contributed by atoms with Crippen LogP contribution in [-0.4, -0.2) is 16.9 Å². The molecule has 0 saturated carbocycles. The van der Waals surface area contributed by atoms with Crippen LogP contribution in [0.3, 0.4) is 0 Å². The van der Waals surface area contributed by atoms with Gasteiger partial charge in [-0.1, -0.05) is 0 Å². The number of nitrogens with one attached hydrogen (secondary N) is 1. The van der Waals surface area contributed by atoms with Crippen molar-refractivity contribution < 1.29 is 4.74 Å². The number of H-pyrrole nitrogens is 1. The van der Waals surface area contributed by atoms with Crippen LogP contribution < -0.4 is 16.0 Å². The summed E-state index contributed by atoms with van der Waals surface area (Å²) in [5.41, 5.74) is 6.00. The summed E-state index contributed by atoms with van der Waals surface area (Å²) in [6, 6.07) is 6.98. The molecule has 1 aromatic carbocycles. The van der Waals surface area contributed by atoms with Crippen LogP contribution in [0.2, 0.25) is 0 Å². The van der Waals surface area contributed by atoms with Crippen LogP contribution in [0.15, 0.2) is 39.3 Å². The molecule has 2 aromatic rings. The van der Waals surface area contributed by atoms with Gasteiger partial charge in [-0.05, 0) is 24.3 Å². The van der Waals surface area contributed by atoms with Crippen molar-refractivity contribution in [2.45, 2.75) is 0 Å². The first-order valence-corrected chi connectivity index (χ1v) is 5.22. The SMILES string of the molecule is COc1ccc(N=Nc2c(N)[nH]n(C)c2=O)cc1. The van der Waals surface area contributed by atoms with Gasteiger partial charge in [0.25, 0.3) is 5.56 Å². The van der Waals surface area contributed by atoms with Gasteiger partial charge in [-0.3, -0.25) is 14.6 Å². The zero-order valence-corrected chi connectivity index (χ0v) is 10.0. The molecule has 1 aromatic heterocycles. The van der Waals surface area contributed by atoms with E-state index in [4.69, 9.17) is 10.5 Å². The third-order valence-electron chi connectivity index (χ3n) is 2.39. The van der Waals surface area contributed by atoms with Gasteiger partial charge in [0.1, 0.15) is 11.6 Å². The summed E-state index contributed by atoms with van der Waals surface area (Å²) < 4.78 is 6.27. The largest absolute Gasteiger partial charge is 0.497 e. The van der Waals surface area contributed by atoms with E-state index in [2.05, 4.69) is 15.3 Å². The first-order chi connectivity index (χ1) is 8.61. The highest BCUT2D eigenvalue weighted by molar-refractivity contribution is 5.55. The Kier molecular flexibility index (Phi) is 3.13. The molecule has 0 fully saturated rings. The fourth-order valence-corrected chi connectivity index (χ4v) is 1.41. The lowest BCUT2D eigenvalue weighted by Gasteiger charge is -1.97. The van der Waals surface area contributed by atoms with Crippen molar-refractivity contribution in [1.29, 1.82) is 0 Å². The van der Waals surface area contributed by atoms with Crippen LogP contribution in [0.4, 0.5) is 17.2 Å². The highest BCUT2D eigenvalue weighted by Crippen LogP contribution is 2.21. The number of methoxy groups -OCH3 is 1. The average Bonchev–Trinajstić information content (AvgIpc) is 2.62. The molecule has 3 N–H and O–H groups in total. The van der Waals surface area contributed by atoms with Gasteiger partial charge in [-0.15, -0.1) is 5.11 Å². The fourth-order valence-electron chi connectivity index (χ4n) is 1.41. The molecule has 0 aliphatic rings. The minimum atomic E-state index is -0.315. The van der Waals surface area contributed by atoms with Crippen LogP contribution in [0, 0.1) is 0 Å². The maximum atomic E-state index is 11.6. The molecular weight excluding hydrogens is 234 g/mol. The number of hydrogen-bond donors (Lipinski definition) is 2. The number of azo groups is 1. The van der Waals surface area contributed by atoms with Gasteiger partial charge < -0.3 is 10.5 Å². The van der Waals surface area contributed by atoms with Gasteiger partial charge in [0.2, 0.25) is 0 Å². The Morgan fingerprint density at radius 2 is 1.94 bits per heavy atom. The summed E-state index contributed by atoms with van der Waals surface area (Å²) in [6.07, 6.45) is 0. The summed E-state index contributed by atoms with van der Waals surface area (Å²) in [5.74, 6) is 0.922. The lowest BCUT2D eigenvalue weighted by atomic mass is 10.3. The monoisotopic (exact) mass is 247 g/mol. The van der Waals surface area contributed by atoms with Crippen molar-refractivity contribution in [3.63, 3.8) is 0 Å². The highest BCUT2D eigenvalue weighted by atomic mass is 16.5. The minimum absolute atomic E-state index is 0.105. The molecular formula is C11H13N5O2. The molecule has 0 amide bonds. The first kappa shape index (κ1) is 11.9. The van der Waals surface area contributed by atoms with Crippen molar-refractivity contribution in [3.05, 3.63) is 34.6 Å². The van der Waals surface area contributed by atoms with Crippen LogP contribution in [0.1, 0.15) is 0 Å². The predicted molar refractivity (Wildman–Crippen MR) is 67.6 cm³/mol. The van der Waals surface area contributed by atoms with E-state index in [1.165, 1.54) is 4.68 Å². The van der Waals surface area contributed by atoms with E-state index in [1.54, 1.807) is 38.4 Å². The topological polar surface area (TPSA) is 97.8 Å². The average molecular weight is 247 g/mol. The summed E-state index contributed by atoms with van der Waals surface area (Å²) in [7, 11) is 3.14. The second kappa shape index (κ2) is 4.74. The number of ether oxygens (including phenoxy) is 1. The number of anilines is 1. The molecule has 0 unspecified atom stereocenters. The minimum Gasteiger partial charge on any atom is -0.497 e. The van der Waals surface area contributed by atoms with E-state index in [1.807, 2.05) is 0 Å². The first-order valence-electron chi connectivity index (χ1n) is 5.22. The highest BCUT2D eigenvalue weighted by Gasteiger charge is 2.08. The van der Waals surface area contributed by atoms with Gasteiger partial charge in [0.05, 0.1) is 12.8 Å². The van der Waals surface area contributed by atoms with Gasteiger partial charge >= 0.3 is 0 Å². The van der Waals surface area contributed by atoms with Crippen LogP contribution in [0.25, 0.3) is 0 Å². The number of nitrogens with zero attached hydrogens (tertiary/aromatic N) is 3. The Morgan fingerprint density at radius 1 is 1.28 bits per heavy atom. The van der Waals surface area contributed by atoms with E-state index >= 15 is 0 Å². The normalized spacial score (nSPS) is 11.0. The van der Waals surface area contributed by atoms with E-state index in [0.29, 0.717) is 5.69 Å². The molecule has 0 saturated heterocycles. The van der Waals surface area contributed by atoms with Crippen LogP contribution in [-0.2, 0) is 7.05 Å². The molecule has 2 rings (SSSR count). The number of aromatic amines is 1. The number of aryl methyl sites for hydroxylation is 1. The molecule has 0 atom stereocenters. The Bertz CT molecular complexity index is 624. The third-order valence-corrected chi connectivity index (χ3v) is 2.39. The molecule has 0 aliphatic heterocycles. The second-order valence-corrected chi connectivity index (χ2v) is 3.64. The third kappa shape index (κ3) is 2.24. The quantitative estimate of drug-likeness (QED) is 0.808. The van der Waals surface area contributed by atoms with Crippen molar-refractivity contribution in [3.8, 4) is 5.75 Å². The van der Waals surface area contributed by atoms with Crippen LogP contribution >= 0.6 is 0 Å². The molecule has 0 aliphatic carbocycles. The number of aromatic nitrogens is 2. The number of benzene rings is 1. The number of hydrogen-bond acceptors (Lipinski definition) is 5. The van der Waals surface area contributed by atoms with Gasteiger partial charge in [0, 0.05) is 7.05 Å². The summed E-state index contributed by atoms with van der Waals surface area (Å²) >= 11 is 0. The summed E-state index contributed by atoms with van der Waals surface area (Å²) in [4.78, 5) is 11.6. The van der Waals surface area contributed by atoms with Crippen LogP contribution in [0.5, 0.6) is 5.75 Å². The lowest BCUT2D eigenvalue weighted by molar-refractivity contribution is 0.415. The Hall–Kier alpha value is -2.57. The maximum absolute atomic E-state index is 11.6. The smallest absolute Gasteiger partial charge is 0.296 e. The lowest BCUT2D eigenvalue weighted by Crippen LogP contribution is -2.10. The summed E-state index contributed by atoms with van der Waals surface area (Å²) in [6.45, 7) is 0. The Labute approximate surface area is 103 Å². The van der Waals surface area contributed by atoms with E-state index in [-0.39, 0.29) is 17.1 Å². The van der Waals surface area contributed by atoms with Crippen molar-refractivity contribution in [2.24, 2.45) is 17.3 Å². The molecule has 7 heteroatoms. The molecule has 0 spiro atoms. The van der Waals surface area contributed by atoms with Gasteiger partial charge in [-0.2, -0.15) is 5.11 Å². The van der Waals surface area contributed by atoms with Crippen molar-refractivity contribution in [2.75, 3.05) is 12.8 Å². The Morgan fingerprint density at radius 3 is 2.44 bits per heavy atom. The summed E-state index contributed by atoms with van der Waals surface area (Å²) in [5, 5.41) is 10.4. The molecule has 94 valence electrons. The molecule has 1 heterocycles. The van der Waals surface area contributed by atoms with E-state index < -0.39 is 0 Å². The fraction of sp³-hybridized carbons (Fsp3) is 0.182. The zero-order chi connectivity index (χ0) is 13.1. The van der Waals surface area contributed by atoms with E-state index in [0.717, 1.165) is 5.75 Å². The standard InChI is InChI=1S/C11H13N5O2/c1-16-11(17)9(10(12)15-16)14-13-7-3-5-8(18-2)6-4-7/h3-6,15H,12H2,1-2H3. The predicted octanol–water partition coefficient (Wildman–Crippen LogP) is 1.72. The number of rotatable bonds is 3. The van der Waals surface area contributed by atoms with Gasteiger partial charge in [0.15, 0.2) is 5.69 Å². The maximum Gasteiger partial charge on any atom is 0.296 e. The molecule has 18 heavy (non-hydrogen) atoms. The second-order valence-electron chi connectivity index (χ2n) is 3.64. The van der Waals surface area contributed by atoms with Gasteiger partial charge in [-0.25, -0.2) is 0 Å².